The monoisotopic (exact) mass is 282 g/mol. The zero-order chi connectivity index (χ0) is 14.8. The minimum absolute atomic E-state index is 0.122. The molecule has 0 radical (unpaired) electrons. The lowest BCUT2D eigenvalue weighted by atomic mass is 9.95. The summed E-state index contributed by atoms with van der Waals surface area (Å²) in [4.78, 5) is 0. The van der Waals surface area contributed by atoms with Crippen molar-refractivity contribution in [1.29, 1.82) is 0 Å². The summed E-state index contributed by atoms with van der Waals surface area (Å²) >= 11 is 0. The van der Waals surface area contributed by atoms with Crippen LogP contribution in [-0.2, 0) is 24.4 Å². The van der Waals surface area contributed by atoms with Gasteiger partial charge in [0.1, 0.15) is 0 Å². The van der Waals surface area contributed by atoms with Crippen molar-refractivity contribution in [2.75, 3.05) is 0 Å². The van der Waals surface area contributed by atoms with E-state index in [0.717, 1.165) is 13.0 Å². The number of nitrogens with two attached hydrogens (primary N) is 1. The van der Waals surface area contributed by atoms with Gasteiger partial charge in [-0.3, -0.25) is 11.3 Å². The molecule has 1 heterocycles. The fourth-order valence-corrected chi connectivity index (χ4v) is 3.10. The molecule has 21 heavy (non-hydrogen) atoms. The molecular formula is C18H22N2O. The Morgan fingerprint density at radius 2 is 1.76 bits per heavy atom. The van der Waals surface area contributed by atoms with E-state index in [2.05, 4.69) is 55.7 Å². The number of hydrazine groups is 1. The van der Waals surface area contributed by atoms with Gasteiger partial charge >= 0.3 is 0 Å². The van der Waals surface area contributed by atoms with Crippen molar-refractivity contribution >= 4 is 0 Å². The van der Waals surface area contributed by atoms with Crippen molar-refractivity contribution in [2.24, 2.45) is 5.84 Å². The Morgan fingerprint density at radius 1 is 1.05 bits per heavy atom. The fourth-order valence-electron chi connectivity index (χ4n) is 3.10. The zero-order valence-corrected chi connectivity index (χ0v) is 12.6. The van der Waals surface area contributed by atoms with Gasteiger partial charge in [0.25, 0.3) is 0 Å². The van der Waals surface area contributed by atoms with Crippen molar-refractivity contribution in [3.63, 3.8) is 0 Å². The van der Waals surface area contributed by atoms with Crippen molar-refractivity contribution in [1.82, 2.24) is 5.43 Å². The predicted molar refractivity (Wildman–Crippen MR) is 84.6 cm³/mol. The van der Waals surface area contributed by atoms with Crippen LogP contribution in [0.15, 0.2) is 36.4 Å². The molecule has 3 heteroatoms. The molecule has 0 bridgehead atoms. The van der Waals surface area contributed by atoms with E-state index in [-0.39, 0.29) is 6.04 Å². The Kier molecular flexibility index (Phi) is 4.06. The SMILES string of the molecule is Cc1cc(C)cc(CC(NN)c2ccc3c(c2)COC3)c1. The van der Waals surface area contributed by atoms with Gasteiger partial charge in [-0.05, 0) is 42.5 Å². The van der Waals surface area contributed by atoms with Gasteiger partial charge < -0.3 is 4.74 Å². The predicted octanol–water partition coefficient (Wildman–Crippen LogP) is 3.08. The van der Waals surface area contributed by atoms with Crippen molar-refractivity contribution < 1.29 is 4.74 Å². The zero-order valence-electron chi connectivity index (χ0n) is 12.6. The Morgan fingerprint density at radius 3 is 2.48 bits per heavy atom. The highest BCUT2D eigenvalue weighted by atomic mass is 16.5. The van der Waals surface area contributed by atoms with Gasteiger partial charge in [-0.25, -0.2) is 0 Å². The smallest absolute Gasteiger partial charge is 0.0725 e. The van der Waals surface area contributed by atoms with Crippen LogP contribution < -0.4 is 11.3 Å². The molecule has 2 aromatic rings. The lowest BCUT2D eigenvalue weighted by Crippen LogP contribution is -2.29. The van der Waals surface area contributed by atoms with E-state index in [1.807, 2.05) is 0 Å². The van der Waals surface area contributed by atoms with Crippen LogP contribution in [0.1, 0.15) is 39.4 Å². The molecule has 0 spiro atoms. The third kappa shape index (κ3) is 3.16. The first-order valence-corrected chi connectivity index (χ1v) is 7.38. The first-order valence-electron chi connectivity index (χ1n) is 7.38. The highest BCUT2D eigenvalue weighted by Crippen LogP contribution is 2.26. The van der Waals surface area contributed by atoms with Gasteiger partial charge in [-0.15, -0.1) is 0 Å². The van der Waals surface area contributed by atoms with Gasteiger partial charge in [0, 0.05) is 6.04 Å². The van der Waals surface area contributed by atoms with Gasteiger partial charge in [-0.1, -0.05) is 47.5 Å². The van der Waals surface area contributed by atoms with Crippen LogP contribution in [0, 0.1) is 13.8 Å². The lowest BCUT2D eigenvalue weighted by molar-refractivity contribution is 0.134. The average Bonchev–Trinajstić information content (AvgIpc) is 2.91. The molecular weight excluding hydrogens is 260 g/mol. The molecule has 3 nitrogen and oxygen atoms in total. The number of ether oxygens (including phenoxy) is 1. The summed E-state index contributed by atoms with van der Waals surface area (Å²) in [6, 6.07) is 13.3. The summed E-state index contributed by atoms with van der Waals surface area (Å²) in [7, 11) is 0. The van der Waals surface area contributed by atoms with E-state index in [0.29, 0.717) is 6.61 Å². The molecule has 0 aliphatic carbocycles. The number of hydrogen-bond acceptors (Lipinski definition) is 3. The Balaban J connectivity index is 1.84. The maximum absolute atomic E-state index is 5.79. The van der Waals surface area contributed by atoms with Crippen LogP contribution in [0.2, 0.25) is 0 Å². The normalized spacial score (nSPS) is 15.0. The minimum atomic E-state index is 0.122. The van der Waals surface area contributed by atoms with Crippen LogP contribution in [0.3, 0.4) is 0 Å². The van der Waals surface area contributed by atoms with Crippen LogP contribution in [0.25, 0.3) is 0 Å². The van der Waals surface area contributed by atoms with Gasteiger partial charge in [0.05, 0.1) is 13.2 Å². The van der Waals surface area contributed by atoms with Crippen molar-refractivity contribution in [2.45, 2.75) is 39.5 Å². The van der Waals surface area contributed by atoms with Gasteiger partial charge in [0.15, 0.2) is 0 Å². The molecule has 3 N–H and O–H groups in total. The molecule has 0 saturated carbocycles. The topological polar surface area (TPSA) is 47.3 Å². The maximum atomic E-state index is 5.79. The van der Waals surface area contributed by atoms with Crippen LogP contribution in [0.4, 0.5) is 0 Å². The fraction of sp³-hybridized carbons (Fsp3) is 0.333. The molecule has 1 aliphatic heterocycles. The number of aryl methyl sites for hydroxylation is 2. The molecule has 0 amide bonds. The minimum Gasteiger partial charge on any atom is -0.372 e. The largest absolute Gasteiger partial charge is 0.372 e. The van der Waals surface area contributed by atoms with E-state index in [1.54, 1.807) is 0 Å². The molecule has 3 rings (SSSR count). The van der Waals surface area contributed by atoms with Gasteiger partial charge in [0.2, 0.25) is 0 Å². The summed E-state index contributed by atoms with van der Waals surface area (Å²) in [6.07, 6.45) is 0.888. The Labute approximate surface area is 126 Å². The number of fused-ring (bicyclic) bond motifs is 1. The third-order valence-electron chi connectivity index (χ3n) is 4.07. The summed E-state index contributed by atoms with van der Waals surface area (Å²) in [6.45, 7) is 5.71. The summed E-state index contributed by atoms with van der Waals surface area (Å²) in [5, 5.41) is 0. The average molecular weight is 282 g/mol. The molecule has 1 unspecified atom stereocenters. The summed E-state index contributed by atoms with van der Waals surface area (Å²) in [5.41, 5.74) is 10.7. The highest BCUT2D eigenvalue weighted by molar-refractivity contribution is 5.36. The third-order valence-corrected chi connectivity index (χ3v) is 4.07. The van der Waals surface area contributed by atoms with Crippen LogP contribution in [-0.4, -0.2) is 0 Å². The molecule has 2 aromatic carbocycles. The van der Waals surface area contributed by atoms with Crippen LogP contribution >= 0.6 is 0 Å². The van der Waals surface area contributed by atoms with Crippen molar-refractivity contribution in [3.05, 3.63) is 69.8 Å². The second-order valence-corrected chi connectivity index (χ2v) is 5.94. The Hall–Kier alpha value is -1.68. The summed E-state index contributed by atoms with van der Waals surface area (Å²) < 4.78 is 5.48. The Bertz CT molecular complexity index is 631. The maximum Gasteiger partial charge on any atom is 0.0725 e. The number of nitrogens with one attached hydrogen (secondary N) is 1. The molecule has 110 valence electrons. The van der Waals surface area contributed by atoms with E-state index in [9.17, 15) is 0 Å². The molecule has 0 aromatic heterocycles. The first-order chi connectivity index (χ1) is 10.2. The molecule has 1 aliphatic rings. The van der Waals surface area contributed by atoms with Crippen molar-refractivity contribution in [3.8, 4) is 0 Å². The van der Waals surface area contributed by atoms with Gasteiger partial charge in [-0.2, -0.15) is 0 Å². The van der Waals surface area contributed by atoms with Crippen LogP contribution in [0.5, 0.6) is 0 Å². The quantitative estimate of drug-likeness (QED) is 0.669. The van der Waals surface area contributed by atoms with E-state index in [1.165, 1.54) is 33.4 Å². The number of hydrogen-bond donors (Lipinski definition) is 2. The summed E-state index contributed by atoms with van der Waals surface area (Å²) in [5.74, 6) is 5.79. The first kappa shape index (κ1) is 14.3. The van der Waals surface area contributed by atoms with E-state index < -0.39 is 0 Å². The second kappa shape index (κ2) is 5.98. The second-order valence-electron chi connectivity index (χ2n) is 5.94. The van der Waals surface area contributed by atoms with E-state index in [4.69, 9.17) is 10.6 Å². The molecule has 0 saturated heterocycles. The molecule has 1 atom stereocenters. The standard InChI is InChI=1S/C18H22N2O/c1-12-5-13(2)7-14(6-12)8-18(20-19)15-3-4-16-10-21-11-17(16)9-15/h3-7,9,18,20H,8,10-11,19H2,1-2H3. The number of rotatable bonds is 4. The highest BCUT2D eigenvalue weighted by Gasteiger charge is 2.16. The molecule has 0 fully saturated rings. The number of benzene rings is 2. The lowest BCUT2D eigenvalue weighted by Gasteiger charge is -2.18. The van der Waals surface area contributed by atoms with E-state index >= 15 is 0 Å².